The Morgan fingerprint density at radius 1 is 1.22 bits per heavy atom. The van der Waals surface area contributed by atoms with Crippen molar-refractivity contribution in [2.75, 3.05) is 19.6 Å². The second-order valence-electron chi connectivity index (χ2n) is 6.70. The van der Waals surface area contributed by atoms with Gasteiger partial charge in [-0.2, -0.15) is 0 Å². The van der Waals surface area contributed by atoms with E-state index in [-0.39, 0.29) is 4.90 Å². The third kappa shape index (κ3) is 5.08. The van der Waals surface area contributed by atoms with E-state index in [0.717, 1.165) is 37.6 Å². The SMILES string of the molecule is CCNC(=NCc1cccc(S(N)(=O)=O)c1)N1CCC(c2ccccc2)C1. The molecule has 27 heavy (non-hydrogen) atoms. The van der Waals surface area contributed by atoms with E-state index in [2.05, 4.69) is 34.5 Å². The Morgan fingerprint density at radius 3 is 2.70 bits per heavy atom. The van der Waals surface area contributed by atoms with Crippen LogP contribution in [0.15, 0.2) is 64.5 Å². The smallest absolute Gasteiger partial charge is 0.238 e. The zero-order valence-electron chi connectivity index (χ0n) is 15.5. The topological polar surface area (TPSA) is 87.8 Å². The normalized spacial score (nSPS) is 17.9. The van der Waals surface area contributed by atoms with Crippen LogP contribution in [-0.2, 0) is 16.6 Å². The van der Waals surface area contributed by atoms with Crippen LogP contribution in [0, 0.1) is 0 Å². The summed E-state index contributed by atoms with van der Waals surface area (Å²) in [6.45, 7) is 5.10. The lowest BCUT2D eigenvalue weighted by atomic mass is 9.99. The summed E-state index contributed by atoms with van der Waals surface area (Å²) in [5, 5.41) is 8.56. The van der Waals surface area contributed by atoms with Crippen molar-refractivity contribution in [2.45, 2.75) is 30.7 Å². The second kappa shape index (κ2) is 8.54. The third-order valence-corrected chi connectivity index (χ3v) is 5.64. The van der Waals surface area contributed by atoms with Crippen molar-refractivity contribution in [2.24, 2.45) is 10.1 Å². The van der Waals surface area contributed by atoms with Gasteiger partial charge in [-0.05, 0) is 36.6 Å². The molecule has 1 saturated heterocycles. The van der Waals surface area contributed by atoms with E-state index in [0.29, 0.717) is 12.5 Å². The van der Waals surface area contributed by atoms with Gasteiger partial charge in [-0.1, -0.05) is 42.5 Å². The first-order valence-electron chi connectivity index (χ1n) is 9.17. The zero-order chi connectivity index (χ0) is 19.3. The van der Waals surface area contributed by atoms with E-state index in [4.69, 9.17) is 10.1 Å². The molecule has 1 heterocycles. The number of primary sulfonamides is 1. The Balaban J connectivity index is 1.72. The molecule has 2 aromatic rings. The predicted octanol–water partition coefficient (Wildman–Crippen LogP) is 2.29. The molecule has 1 unspecified atom stereocenters. The summed E-state index contributed by atoms with van der Waals surface area (Å²) in [6, 6.07) is 17.2. The Kier molecular flexibility index (Phi) is 6.13. The minimum absolute atomic E-state index is 0.116. The van der Waals surface area contributed by atoms with Crippen molar-refractivity contribution in [3.8, 4) is 0 Å². The van der Waals surface area contributed by atoms with Crippen molar-refractivity contribution in [3.05, 3.63) is 65.7 Å². The molecule has 1 aliphatic rings. The van der Waals surface area contributed by atoms with Gasteiger partial charge < -0.3 is 10.2 Å². The number of hydrogen-bond donors (Lipinski definition) is 2. The maximum Gasteiger partial charge on any atom is 0.238 e. The zero-order valence-corrected chi connectivity index (χ0v) is 16.3. The Labute approximate surface area is 161 Å². The number of guanidine groups is 1. The molecule has 0 amide bonds. The number of aliphatic imine (C=N–C) groups is 1. The number of rotatable bonds is 5. The van der Waals surface area contributed by atoms with Crippen LogP contribution in [0.4, 0.5) is 0 Å². The van der Waals surface area contributed by atoms with Gasteiger partial charge >= 0.3 is 0 Å². The molecular weight excluding hydrogens is 360 g/mol. The quantitative estimate of drug-likeness (QED) is 0.610. The first-order valence-corrected chi connectivity index (χ1v) is 10.7. The van der Waals surface area contributed by atoms with Crippen molar-refractivity contribution in [1.29, 1.82) is 0 Å². The van der Waals surface area contributed by atoms with E-state index in [1.54, 1.807) is 12.1 Å². The summed E-state index contributed by atoms with van der Waals surface area (Å²) in [7, 11) is -3.70. The molecular formula is C20H26N4O2S. The molecule has 7 heteroatoms. The third-order valence-electron chi connectivity index (χ3n) is 4.73. The van der Waals surface area contributed by atoms with Gasteiger partial charge in [0.05, 0.1) is 11.4 Å². The monoisotopic (exact) mass is 386 g/mol. The number of nitrogens with zero attached hydrogens (tertiary/aromatic N) is 2. The maximum absolute atomic E-state index is 11.5. The summed E-state index contributed by atoms with van der Waals surface area (Å²) in [6.07, 6.45) is 1.09. The minimum atomic E-state index is -3.70. The molecule has 2 aromatic carbocycles. The highest BCUT2D eigenvalue weighted by Gasteiger charge is 2.25. The van der Waals surface area contributed by atoms with E-state index < -0.39 is 10.0 Å². The fraction of sp³-hybridized carbons (Fsp3) is 0.350. The average Bonchev–Trinajstić information content (AvgIpc) is 3.15. The number of sulfonamides is 1. The van der Waals surface area contributed by atoms with Crippen LogP contribution in [0.1, 0.15) is 30.4 Å². The Morgan fingerprint density at radius 2 is 2.00 bits per heavy atom. The largest absolute Gasteiger partial charge is 0.357 e. The lowest BCUT2D eigenvalue weighted by molar-refractivity contribution is 0.486. The maximum atomic E-state index is 11.5. The van der Waals surface area contributed by atoms with Crippen molar-refractivity contribution >= 4 is 16.0 Å². The van der Waals surface area contributed by atoms with Gasteiger partial charge in [0.15, 0.2) is 5.96 Å². The van der Waals surface area contributed by atoms with E-state index in [1.807, 2.05) is 19.1 Å². The molecule has 6 nitrogen and oxygen atoms in total. The summed E-state index contributed by atoms with van der Waals surface area (Å²) in [4.78, 5) is 7.10. The number of hydrogen-bond acceptors (Lipinski definition) is 3. The molecule has 3 rings (SSSR count). The number of nitrogens with one attached hydrogen (secondary N) is 1. The fourth-order valence-corrected chi connectivity index (χ4v) is 3.95. The van der Waals surface area contributed by atoms with Crippen LogP contribution < -0.4 is 10.5 Å². The molecule has 0 radical (unpaired) electrons. The summed E-state index contributed by atoms with van der Waals surface area (Å²) >= 11 is 0. The van der Waals surface area contributed by atoms with Crippen LogP contribution in [-0.4, -0.2) is 38.9 Å². The summed E-state index contributed by atoms with van der Waals surface area (Å²) in [5.74, 6) is 1.36. The van der Waals surface area contributed by atoms with Gasteiger partial charge in [-0.3, -0.25) is 0 Å². The predicted molar refractivity (Wildman–Crippen MR) is 108 cm³/mol. The molecule has 3 N–H and O–H groups in total. The molecule has 1 fully saturated rings. The molecule has 0 spiro atoms. The highest BCUT2D eigenvalue weighted by atomic mass is 32.2. The van der Waals surface area contributed by atoms with Crippen molar-refractivity contribution in [1.82, 2.24) is 10.2 Å². The van der Waals surface area contributed by atoms with Crippen LogP contribution in [0.5, 0.6) is 0 Å². The van der Waals surface area contributed by atoms with Crippen LogP contribution in [0.2, 0.25) is 0 Å². The molecule has 1 atom stereocenters. The molecule has 0 aromatic heterocycles. The Bertz CT molecular complexity index is 897. The minimum Gasteiger partial charge on any atom is -0.357 e. The van der Waals surface area contributed by atoms with Gasteiger partial charge in [0.25, 0.3) is 0 Å². The van der Waals surface area contributed by atoms with E-state index in [1.165, 1.54) is 11.6 Å². The number of nitrogens with two attached hydrogens (primary N) is 1. The van der Waals surface area contributed by atoms with Crippen LogP contribution >= 0.6 is 0 Å². The van der Waals surface area contributed by atoms with Crippen molar-refractivity contribution < 1.29 is 8.42 Å². The number of likely N-dealkylation sites (tertiary alicyclic amines) is 1. The summed E-state index contributed by atoms with van der Waals surface area (Å²) < 4.78 is 23.1. The van der Waals surface area contributed by atoms with Gasteiger partial charge in [0.2, 0.25) is 10.0 Å². The first kappa shape index (κ1) is 19.4. The Hall–Kier alpha value is -2.38. The van der Waals surface area contributed by atoms with E-state index in [9.17, 15) is 8.42 Å². The fourth-order valence-electron chi connectivity index (χ4n) is 3.36. The van der Waals surface area contributed by atoms with Gasteiger partial charge in [-0.15, -0.1) is 0 Å². The van der Waals surface area contributed by atoms with Crippen molar-refractivity contribution in [3.63, 3.8) is 0 Å². The highest BCUT2D eigenvalue weighted by molar-refractivity contribution is 7.89. The first-order chi connectivity index (χ1) is 13.0. The van der Waals surface area contributed by atoms with Gasteiger partial charge in [-0.25, -0.2) is 18.5 Å². The lowest BCUT2D eigenvalue weighted by Crippen LogP contribution is -2.40. The van der Waals surface area contributed by atoms with E-state index >= 15 is 0 Å². The average molecular weight is 387 g/mol. The highest BCUT2D eigenvalue weighted by Crippen LogP contribution is 2.27. The van der Waals surface area contributed by atoms with Crippen LogP contribution in [0.25, 0.3) is 0 Å². The molecule has 0 bridgehead atoms. The van der Waals surface area contributed by atoms with Gasteiger partial charge in [0, 0.05) is 25.6 Å². The van der Waals surface area contributed by atoms with Crippen LogP contribution in [0.3, 0.4) is 0 Å². The number of benzene rings is 2. The molecule has 1 aliphatic heterocycles. The lowest BCUT2D eigenvalue weighted by Gasteiger charge is -2.22. The standard InChI is InChI=1S/C20H26N4O2S/c1-2-22-20(23-14-16-7-6-10-19(13-16)27(21,25)26)24-12-11-18(15-24)17-8-4-3-5-9-17/h3-10,13,18H,2,11-12,14-15H2,1H3,(H,22,23)(H2,21,25,26). The van der Waals surface area contributed by atoms with Gasteiger partial charge in [0.1, 0.15) is 0 Å². The summed E-state index contributed by atoms with van der Waals surface area (Å²) in [5.41, 5.74) is 2.17. The molecule has 144 valence electrons. The molecule has 0 aliphatic carbocycles. The molecule has 0 saturated carbocycles. The second-order valence-corrected chi connectivity index (χ2v) is 8.27.